The van der Waals surface area contributed by atoms with Crippen LogP contribution in [0, 0.1) is 5.82 Å². The summed E-state index contributed by atoms with van der Waals surface area (Å²) in [6, 6.07) is 17.6. The van der Waals surface area contributed by atoms with Gasteiger partial charge >= 0.3 is 0 Å². The molecular formula is C21H19FN2O5S. The van der Waals surface area contributed by atoms with Crippen molar-refractivity contribution in [2.24, 2.45) is 0 Å². The fraction of sp³-hybridized carbons (Fsp3) is 0.0952. The van der Waals surface area contributed by atoms with E-state index in [0.29, 0.717) is 22.9 Å². The number of sulfonamides is 1. The van der Waals surface area contributed by atoms with Crippen molar-refractivity contribution in [3.8, 4) is 11.5 Å². The van der Waals surface area contributed by atoms with Crippen LogP contribution in [0.2, 0.25) is 0 Å². The molecule has 0 atom stereocenters. The molecule has 3 rings (SSSR count). The molecule has 0 bridgehead atoms. The fourth-order valence-electron chi connectivity index (χ4n) is 2.50. The number of nitrogens with one attached hydrogen (secondary N) is 2. The van der Waals surface area contributed by atoms with Crippen LogP contribution in [0.15, 0.2) is 77.7 Å². The Balaban J connectivity index is 1.57. The number of amides is 1. The number of halogens is 1. The third kappa shape index (κ3) is 5.71. The lowest BCUT2D eigenvalue weighted by atomic mass is 10.3. The van der Waals surface area contributed by atoms with Gasteiger partial charge in [-0.2, -0.15) is 0 Å². The lowest BCUT2D eigenvalue weighted by molar-refractivity contribution is -0.118. The molecule has 7 nitrogen and oxygen atoms in total. The lowest BCUT2D eigenvalue weighted by Gasteiger charge is -2.10. The second-order valence-corrected chi connectivity index (χ2v) is 7.84. The van der Waals surface area contributed by atoms with Gasteiger partial charge in [0, 0.05) is 11.4 Å². The van der Waals surface area contributed by atoms with Gasteiger partial charge in [-0.25, -0.2) is 12.8 Å². The molecule has 3 aromatic carbocycles. The average Bonchev–Trinajstić information content (AvgIpc) is 2.73. The SMILES string of the molecule is COc1ccc(NS(=O)(=O)c2ccc(OCC(=O)Nc3cccc(F)c3)cc2)cc1. The highest BCUT2D eigenvalue weighted by Crippen LogP contribution is 2.21. The summed E-state index contributed by atoms with van der Waals surface area (Å²) in [4.78, 5) is 11.9. The number of carbonyl (C=O) groups is 1. The highest BCUT2D eigenvalue weighted by Gasteiger charge is 2.14. The van der Waals surface area contributed by atoms with Crippen LogP contribution in [0.25, 0.3) is 0 Å². The molecule has 0 aliphatic heterocycles. The minimum Gasteiger partial charge on any atom is -0.497 e. The molecule has 3 aromatic rings. The summed E-state index contributed by atoms with van der Waals surface area (Å²) in [6.45, 7) is -0.313. The van der Waals surface area contributed by atoms with E-state index in [9.17, 15) is 17.6 Å². The number of benzene rings is 3. The summed E-state index contributed by atoms with van der Waals surface area (Å²) in [7, 11) is -2.27. The first kappa shape index (κ1) is 21.1. The molecule has 2 N–H and O–H groups in total. The zero-order chi connectivity index (χ0) is 21.6. The maximum atomic E-state index is 13.1. The van der Waals surface area contributed by atoms with Crippen molar-refractivity contribution in [1.82, 2.24) is 0 Å². The largest absolute Gasteiger partial charge is 0.497 e. The molecule has 0 aromatic heterocycles. The van der Waals surface area contributed by atoms with Crippen LogP contribution in [0.3, 0.4) is 0 Å². The van der Waals surface area contributed by atoms with E-state index in [1.807, 2.05) is 0 Å². The topological polar surface area (TPSA) is 93.7 Å². The Labute approximate surface area is 173 Å². The summed E-state index contributed by atoms with van der Waals surface area (Å²) in [5, 5.41) is 2.51. The molecule has 156 valence electrons. The first-order valence-corrected chi connectivity index (χ1v) is 10.3. The van der Waals surface area contributed by atoms with E-state index in [2.05, 4.69) is 10.0 Å². The first-order valence-electron chi connectivity index (χ1n) is 8.81. The van der Waals surface area contributed by atoms with E-state index in [4.69, 9.17) is 9.47 Å². The molecule has 0 radical (unpaired) electrons. The van der Waals surface area contributed by atoms with E-state index in [1.54, 1.807) is 30.3 Å². The Morgan fingerprint density at radius 3 is 2.23 bits per heavy atom. The summed E-state index contributed by atoms with van der Waals surface area (Å²) in [6.07, 6.45) is 0. The first-order chi connectivity index (χ1) is 14.4. The Kier molecular flexibility index (Phi) is 6.53. The van der Waals surface area contributed by atoms with Gasteiger partial charge in [0.1, 0.15) is 17.3 Å². The van der Waals surface area contributed by atoms with Crippen molar-refractivity contribution < 1.29 is 27.1 Å². The Morgan fingerprint density at radius 2 is 1.60 bits per heavy atom. The molecule has 0 heterocycles. The predicted octanol–water partition coefficient (Wildman–Crippen LogP) is 3.65. The Morgan fingerprint density at radius 1 is 0.933 bits per heavy atom. The lowest BCUT2D eigenvalue weighted by Crippen LogP contribution is -2.20. The van der Waals surface area contributed by atoms with Crippen molar-refractivity contribution in [2.45, 2.75) is 4.90 Å². The van der Waals surface area contributed by atoms with Gasteiger partial charge in [0.05, 0.1) is 12.0 Å². The third-order valence-corrected chi connectivity index (χ3v) is 5.35. The molecule has 0 unspecified atom stereocenters. The number of anilines is 2. The second kappa shape index (κ2) is 9.27. The van der Waals surface area contributed by atoms with Gasteiger partial charge in [0.2, 0.25) is 0 Å². The van der Waals surface area contributed by atoms with E-state index in [-0.39, 0.29) is 11.5 Å². The number of carbonyl (C=O) groups excluding carboxylic acids is 1. The number of hydrogen-bond acceptors (Lipinski definition) is 5. The summed E-state index contributed by atoms with van der Waals surface area (Å²) in [5.41, 5.74) is 0.708. The molecule has 0 saturated heterocycles. The highest BCUT2D eigenvalue weighted by atomic mass is 32.2. The van der Waals surface area contributed by atoms with Gasteiger partial charge < -0.3 is 14.8 Å². The number of hydrogen-bond donors (Lipinski definition) is 2. The molecule has 0 spiro atoms. The molecule has 0 saturated carbocycles. The minimum atomic E-state index is -3.79. The van der Waals surface area contributed by atoms with Crippen molar-refractivity contribution in [1.29, 1.82) is 0 Å². The number of rotatable bonds is 8. The Hall–Kier alpha value is -3.59. The minimum absolute atomic E-state index is 0.0369. The molecule has 0 fully saturated rings. The van der Waals surface area contributed by atoms with E-state index >= 15 is 0 Å². The highest BCUT2D eigenvalue weighted by molar-refractivity contribution is 7.92. The summed E-state index contributed by atoms with van der Waals surface area (Å²) < 4.78 is 51.0. The maximum absolute atomic E-state index is 13.1. The zero-order valence-electron chi connectivity index (χ0n) is 16.0. The van der Waals surface area contributed by atoms with Gasteiger partial charge in [-0.1, -0.05) is 6.07 Å². The Bertz CT molecular complexity index is 1120. The monoisotopic (exact) mass is 430 g/mol. The number of ether oxygens (including phenoxy) is 2. The normalized spacial score (nSPS) is 10.9. The van der Waals surface area contributed by atoms with Crippen LogP contribution in [0.1, 0.15) is 0 Å². The summed E-state index contributed by atoms with van der Waals surface area (Å²) in [5.74, 6) is -0.0130. The smallest absolute Gasteiger partial charge is 0.262 e. The molecule has 30 heavy (non-hydrogen) atoms. The van der Waals surface area contributed by atoms with Crippen molar-refractivity contribution in [3.05, 3.63) is 78.6 Å². The van der Waals surface area contributed by atoms with E-state index in [0.717, 1.165) is 0 Å². The van der Waals surface area contributed by atoms with Gasteiger partial charge in [0.15, 0.2) is 6.61 Å². The van der Waals surface area contributed by atoms with Gasteiger partial charge in [0.25, 0.3) is 15.9 Å². The van der Waals surface area contributed by atoms with Crippen LogP contribution < -0.4 is 19.5 Å². The molecular weight excluding hydrogens is 411 g/mol. The molecule has 0 aliphatic carbocycles. The van der Waals surface area contributed by atoms with Crippen LogP contribution >= 0.6 is 0 Å². The quantitative estimate of drug-likeness (QED) is 0.569. The number of methoxy groups -OCH3 is 1. The molecule has 0 aliphatic rings. The van der Waals surface area contributed by atoms with Crippen molar-refractivity contribution >= 4 is 27.3 Å². The molecule has 1 amide bonds. The van der Waals surface area contributed by atoms with Gasteiger partial charge in [-0.15, -0.1) is 0 Å². The molecule has 9 heteroatoms. The summed E-state index contributed by atoms with van der Waals surface area (Å²) >= 11 is 0. The van der Waals surface area contributed by atoms with Gasteiger partial charge in [-0.05, 0) is 66.7 Å². The van der Waals surface area contributed by atoms with Crippen LogP contribution in [-0.4, -0.2) is 28.0 Å². The fourth-order valence-corrected chi connectivity index (χ4v) is 3.56. The van der Waals surface area contributed by atoms with E-state index in [1.165, 1.54) is 49.6 Å². The van der Waals surface area contributed by atoms with Crippen LogP contribution in [0.4, 0.5) is 15.8 Å². The van der Waals surface area contributed by atoms with Crippen molar-refractivity contribution in [3.63, 3.8) is 0 Å². The van der Waals surface area contributed by atoms with Crippen molar-refractivity contribution in [2.75, 3.05) is 23.8 Å². The van der Waals surface area contributed by atoms with Gasteiger partial charge in [-0.3, -0.25) is 9.52 Å². The maximum Gasteiger partial charge on any atom is 0.262 e. The van der Waals surface area contributed by atoms with Crippen LogP contribution in [0.5, 0.6) is 11.5 Å². The average molecular weight is 430 g/mol. The van der Waals surface area contributed by atoms with Crippen LogP contribution in [-0.2, 0) is 14.8 Å². The second-order valence-electron chi connectivity index (χ2n) is 6.15. The van der Waals surface area contributed by atoms with E-state index < -0.39 is 21.7 Å². The predicted molar refractivity (Wildman–Crippen MR) is 111 cm³/mol. The standard InChI is InChI=1S/C21H19FN2O5S/c1-28-18-7-5-16(6-8-18)24-30(26,27)20-11-9-19(10-12-20)29-14-21(25)23-17-4-2-3-15(22)13-17/h2-13,24H,14H2,1H3,(H,23,25). The third-order valence-electron chi connectivity index (χ3n) is 3.95. The zero-order valence-corrected chi connectivity index (χ0v) is 16.8.